The lowest BCUT2D eigenvalue weighted by molar-refractivity contribution is -0.133. The van der Waals surface area contributed by atoms with Crippen molar-refractivity contribution in [1.29, 1.82) is 0 Å². The van der Waals surface area contributed by atoms with E-state index in [2.05, 4.69) is 31.1 Å². The van der Waals surface area contributed by atoms with Crippen LogP contribution >= 0.6 is 27.7 Å². The Labute approximate surface area is 109 Å². The highest BCUT2D eigenvalue weighted by Gasteiger charge is 2.11. The quantitative estimate of drug-likeness (QED) is 0.864. The zero-order valence-corrected chi connectivity index (χ0v) is 10.7. The number of thioether (sulfide) groups is 1. The summed E-state index contributed by atoms with van der Waals surface area (Å²) in [6.45, 7) is 0. The van der Waals surface area contributed by atoms with Crippen molar-refractivity contribution in [3.8, 4) is 11.4 Å². The molecule has 0 unspecified atom stereocenters. The number of carboxylic acid groups (broad SMARTS) is 1. The summed E-state index contributed by atoms with van der Waals surface area (Å²) in [5.41, 5.74) is 0.699. The Morgan fingerprint density at radius 1 is 1.53 bits per heavy atom. The van der Waals surface area contributed by atoms with Crippen molar-refractivity contribution in [3.05, 3.63) is 22.9 Å². The molecule has 17 heavy (non-hydrogen) atoms. The summed E-state index contributed by atoms with van der Waals surface area (Å²) in [6.07, 6.45) is 3.24. The van der Waals surface area contributed by atoms with E-state index in [1.54, 1.807) is 18.5 Å². The number of hydrogen-bond donors (Lipinski definition) is 1. The lowest BCUT2D eigenvalue weighted by Gasteiger charge is -1.93. The van der Waals surface area contributed by atoms with E-state index >= 15 is 0 Å². The molecule has 2 rings (SSSR count). The van der Waals surface area contributed by atoms with Crippen LogP contribution in [-0.4, -0.2) is 32.0 Å². The maximum Gasteiger partial charge on any atom is 0.314 e. The van der Waals surface area contributed by atoms with E-state index in [0.717, 1.165) is 16.2 Å². The van der Waals surface area contributed by atoms with Gasteiger partial charge in [-0.2, -0.15) is 4.98 Å². The van der Waals surface area contributed by atoms with Gasteiger partial charge in [-0.3, -0.25) is 9.78 Å². The van der Waals surface area contributed by atoms with Crippen molar-refractivity contribution in [2.45, 2.75) is 5.22 Å². The topological polar surface area (TPSA) is 89.1 Å². The zero-order valence-electron chi connectivity index (χ0n) is 8.33. The van der Waals surface area contributed by atoms with E-state index < -0.39 is 5.97 Å². The zero-order chi connectivity index (χ0) is 12.3. The van der Waals surface area contributed by atoms with Crippen molar-refractivity contribution in [2.24, 2.45) is 0 Å². The Morgan fingerprint density at radius 3 is 3.06 bits per heavy atom. The van der Waals surface area contributed by atoms with Crippen LogP contribution in [-0.2, 0) is 4.79 Å². The third kappa shape index (κ3) is 3.27. The number of hydrogen-bond acceptors (Lipinski definition) is 6. The molecule has 0 radical (unpaired) electrons. The van der Waals surface area contributed by atoms with Gasteiger partial charge >= 0.3 is 5.97 Å². The molecule has 0 saturated heterocycles. The molecule has 0 aliphatic heterocycles. The van der Waals surface area contributed by atoms with E-state index in [1.807, 2.05) is 0 Å². The number of aromatic nitrogens is 3. The molecule has 0 fully saturated rings. The van der Waals surface area contributed by atoms with Crippen LogP contribution in [0.25, 0.3) is 11.4 Å². The van der Waals surface area contributed by atoms with Gasteiger partial charge in [-0.05, 0) is 22.0 Å². The normalized spacial score (nSPS) is 10.4. The molecule has 0 spiro atoms. The third-order valence-corrected chi connectivity index (χ3v) is 2.93. The van der Waals surface area contributed by atoms with E-state index in [-0.39, 0.29) is 11.0 Å². The predicted molar refractivity (Wildman–Crippen MR) is 63.6 cm³/mol. The Hall–Kier alpha value is -1.41. The van der Waals surface area contributed by atoms with Gasteiger partial charge in [0.05, 0.1) is 0 Å². The van der Waals surface area contributed by atoms with E-state index in [1.165, 1.54) is 0 Å². The fraction of sp³-hybridized carbons (Fsp3) is 0.111. The summed E-state index contributed by atoms with van der Waals surface area (Å²) in [6, 6.07) is 1.80. The van der Waals surface area contributed by atoms with Crippen LogP contribution < -0.4 is 0 Å². The lowest BCUT2D eigenvalue weighted by atomic mass is 10.3. The highest BCUT2D eigenvalue weighted by Crippen LogP contribution is 2.22. The van der Waals surface area contributed by atoms with Gasteiger partial charge in [0.15, 0.2) is 0 Å². The molecule has 6 nitrogen and oxygen atoms in total. The largest absolute Gasteiger partial charge is 0.481 e. The van der Waals surface area contributed by atoms with Crippen LogP contribution in [0.1, 0.15) is 0 Å². The lowest BCUT2D eigenvalue weighted by Crippen LogP contribution is -1.97. The van der Waals surface area contributed by atoms with Crippen molar-refractivity contribution in [3.63, 3.8) is 0 Å². The molecule has 2 aromatic rings. The Kier molecular flexibility index (Phi) is 3.75. The molecule has 0 bridgehead atoms. The second-order valence-corrected chi connectivity index (χ2v) is 4.80. The molecular weight excluding hydrogens is 310 g/mol. The summed E-state index contributed by atoms with van der Waals surface area (Å²) in [4.78, 5) is 18.4. The Balaban J connectivity index is 2.15. The molecule has 0 aliphatic rings. The first kappa shape index (κ1) is 12.1. The molecule has 2 aromatic heterocycles. The SMILES string of the molecule is O=C(O)CSc1nc(-c2cncc(Br)c2)no1. The second-order valence-electron chi connectivity index (χ2n) is 2.96. The van der Waals surface area contributed by atoms with Crippen molar-refractivity contribution < 1.29 is 14.4 Å². The van der Waals surface area contributed by atoms with Crippen LogP contribution in [0, 0.1) is 0 Å². The van der Waals surface area contributed by atoms with Gasteiger partial charge in [-0.15, -0.1) is 0 Å². The molecule has 0 aromatic carbocycles. The van der Waals surface area contributed by atoms with Gasteiger partial charge < -0.3 is 9.63 Å². The van der Waals surface area contributed by atoms with Gasteiger partial charge in [-0.25, -0.2) is 0 Å². The average molecular weight is 316 g/mol. The monoisotopic (exact) mass is 315 g/mol. The predicted octanol–water partition coefficient (Wildman–Crippen LogP) is 2.07. The van der Waals surface area contributed by atoms with Crippen LogP contribution in [0.5, 0.6) is 0 Å². The highest BCUT2D eigenvalue weighted by molar-refractivity contribution is 9.10. The Morgan fingerprint density at radius 2 is 2.35 bits per heavy atom. The van der Waals surface area contributed by atoms with E-state index in [4.69, 9.17) is 9.63 Å². The molecule has 0 amide bonds. The molecular formula is C9H6BrN3O3S. The maximum atomic E-state index is 10.4. The average Bonchev–Trinajstić information content (AvgIpc) is 2.75. The molecule has 0 atom stereocenters. The number of carbonyl (C=O) groups is 1. The molecule has 2 heterocycles. The van der Waals surface area contributed by atoms with E-state index in [0.29, 0.717) is 11.4 Å². The number of pyridine rings is 1. The summed E-state index contributed by atoms with van der Waals surface area (Å²) in [5, 5.41) is 12.5. The second kappa shape index (κ2) is 5.28. The standard InChI is InChI=1S/C9H6BrN3O3S/c10-6-1-5(2-11-3-6)8-12-9(16-13-8)17-4-7(14)15/h1-3H,4H2,(H,14,15). The van der Waals surface area contributed by atoms with Gasteiger partial charge in [0, 0.05) is 22.4 Å². The Bertz CT molecular complexity index is 546. The van der Waals surface area contributed by atoms with Crippen LogP contribution in [0.3, 0.4) is 0 Å². The maximum absolute atomic E-state index is 10.4. The van der Waals surface area contributed by atoms with Gasteiger partial charge in [-0.1, -0.05) is 16.9 Å². The van der Waals surface area contributed by atoms with Crippen molar-refractivity contribution in [1.82, 2.24) is 15.1 Å². The van der Waals surface area contributed by atoms with Gasteiger partial charge in [0.2, 0.25) is 5.82 Å². The van der Waals surface area contributed by atoms with Gasteiger partial charge in [0.1, 0.15) is 5.75 Å². The first-order valence-electron chi connectivity index (χ1n) is 4.44. The first-order chi connectivity index (χ1) is 8.15. The number of aliphatic carboxylic acids is 1. The highest BCUT2D eigenvalue weighted by atomic mass is 79.9. The minimum Gasteiger partial charge on any atom is -0.481 e. The molecule has 0 saturated carbocycles. The fourth-order valence-electron chi connectivity index (χ4n) is 1.04. The summed E-state index contributed by atoms with van der Waals surface area (Å²) in [7, 11) is 0. The van der Waals surface area contributed by atoms with Crippen molar-refractivity contribution in [2.75, 3.05) is 5.75 Å². The van der Waals surface area contributed by atoms with Crippen molar-refractivity contribution >= 4 is 33.7 Å². The first-order valence-corrected chi connectivity index (χ1v) is 6.22. The number of carboxylic acids is 1. The summed E-state index contributed by atoms with van der Waals surface area (Å²) >= 11 is 4.26. The van der Waals surface area contributed by atoms with Crippen LogP contribution in [0.2, 0.25) is 0 Å². The smallest absolute Gasteiger partial charge is 0.314 e. The van der Waals surface area contributed by atoms with Gasteiger partial charge in [0.25, 0.3) is 5.22 Å². The van der Waals surface area contributed by atoms with Crippen LogP contribution in [0.15, 0.2) is 32.7 Å². The van der Waals surface area contributed by atoms with Crippen LogP contribution in [0.4, 0.5) is 0 Å². The number of rotatable bonds is 4. The van der Waals surface area contributed by atoms with E-state index in [9.17, 15) is 4.79 Å². The minimum atomic E-state index is -0.932. The number of nitrogens with zero attached hydrogens (tertiary/aromatic N) is 3. The minimum absolute atomic E-state index is 0.113. The molecule has 8 heteroatoms. The summed E-state index contributed by atoms with van der Waals surface area (Å²) < 4.78 is 5.71. The number of halogens is 1. The molecule has 88 valence electrons. The third-order valence-electron chi connectivity index (χ3n) is 1.69. The summed E-state index contributed by atoms with van der Waals surface area (Å²) in [5.74, 6) is -0.663. The molecule has 1 N–H and O–H groups in total. The molecule has 0 aliphatic carbocycles. The fourth-order valence-corrected chi connectivity index (χ4v) is 1.90.